The van der Waals surface area contributed by atoms with Crippen molar-refractivity contribution in [3.63, 3.8) is 0 Å². The summed E-state index contributed by atoms with van der Waals surface area (Å²) in [5, 5.41) is 0. The molecule has 5 nitrogen and oxygen atoms in total. The number of ether oxygens (including phenoxy) is 1. The molecule has 0 spiro atoms. The van der Waals surface area contributed by atoms with Crippen LogP contribution < -0.4 is 0 Å². The third-order valence-corrected chi connectivity index (χ3v) is 4.88. The van der Waals surface area contributed by atoms with Crippen LogP contribution in [-0.4, -0.2) is 54.0 Å². The van der Waals surface area contributed by atoms with E-state index >= 15 is 0 Å². The van der Waals surface area contributed by atoms with Gasteiger partial charge >= 0.3 is 5.97 Å². The molecule has 0 N–H and O–H groups in total. The molecule has 0 bridgehead atoms. The first kappa shape index (κ1) is 17.6. The normalized spacial score (nSPS) is 17.2. The predicted octanol–water partition coefficient (Wildman–Crippen LogP) is 2.75. The van der Waals surface area contributed by atoms with Crippen LogP contribution in [0.15, 0.2) is 48.8 Å². The zero-order valence-electron chi connectivity index (χ0n) is 14.9. The van der Waals surface area contributed by atoms with E-state index in [-0.39, 0.29) is 5.97 Å². The Hall–Kier alpha value is -2.24. The molecule has 1 saturated heterocycles. The number of methoxy groups -OCH3 is 1. The smallest absolute Gasteiger partial charge is 0.337 e. The van der Waals surface area contributed by atoms with Crippen molar-refractivity contribution in [1.82, 2.24) is 14.8 Å². The van der Waals surface area contributed by atoms with Crippen LogP contribution in [0.3, 0.4) is 0 Å². The maximum absolute atomic E-state index is 11.7. The predicted molar refractivity (Wildman–Crippen MR) is 97.3 cm³/mol. The van der Waals surface area contributed by atoms with Gasteiger partial charge in [-0.15, -0.1) is 0 Å². The molecule has 2 heterocycles. The maximum atomic E-state index is 11.7. The van der Waals surface area contributed by atoms with Gasteiger partial charge in [0.05, 0.1) is 12.7 Å². The van der Waals surface area contributed by atoms with Crippen molar-refractivity contribution in [2.75, 3.05) is 33.3 Å². The van der Waals surface area contributed by atoms with Crippen molar-refractivity contribution in [3.8, 4) is 0 Å². The Balaban J connectivity index is 1.55. The lowest BCUT2D eigenvalue weighted by Gasteiger charge is -2.38. The molecule has 0 aliphatic carbocycles. The summed E-state index contributed by atoms with van der Waals surface area (Å²) >= 11 is 0. The van der Waals surface area contributed by atoms with E-state index in [0.29, 0.717) is 11.6 Å². The van der Waals surface area contributed by atoms with Crippen LogP contribution in [0, 0.1) is 0 Å². The first-order valence-corrected chi connectivity index (χ1v) is 8.71. The Kier molecular flexibility index (Phi) is 5.79. The van der Waals surface area contributed by atoms with Crippen LogP contribution in [-0.2, 0) is 11.3 Å². The van der Waals surface area contributed by atoms with Crippen LogP contribution in [0.5, 0.6) is 0 Å². The van der Waals surface area contributed by atoms with Gasteiger partial charge in [0.15, 0.2) is 0 Å². The molecule has 2 aromatic rings. The van der Waals surface area contributed by atoms with Gasteiger partial charge in [-0.2, -0.15) is 0 Å². The number of esters is 1. The number of rotatable bonds is 5. The Morgan fingerprint density at radius 2 is 2.00 bits per heavy atom. The highest BCUT2D eigenvalue weighted by molar-refractivity contribution is 5.89. The lowest BCUT2D eigenvalue weighted by atomic mass is 10.1. The third-order valence-electron chi connectivity index (χ3n) is 4.88. The highest BCUT2D eigenvalue weighted by Gasteiger charge is 2.22. The van der Waals surface area contributed by atoms with Crippen LogP contribution in [0.1, 0.15) is 34.5 Å². The molecule has 1 aromatic heterocycles. The molecule has 1 aromatic carbocycles. The van der Waals surface area contributed by atoms with E-state index < -0.39 is 0 Å². The zero-order valence-corrected chi connectivity index (χ0v) is 14.9. The first-order chi connectivity index (χ1) is 12.2. The molecule has 1 atom stereocenters. The second-order valence-electron chi connectivity index (χ2n) is 6.47. The summed E-state index contributed by atoms with van der Waals surface area (Å²) in [6.07, 6.45) is 3.77. The van der Waals surface area contributed by atoms with Crippen LogP contribution in [0.2, 0.25) is 0 Å². The summed E-state index contributed by atoms with van der Waals surface area (Å²) in [6, 6.07) is 12.2. The Morgan fingerprint density at radius 3 is 2.68 bits per heavy atom. The van der Waals surface area contributed by atoms with Gasteiger partial charge in [0.25, 0.3) is 0 Å². The highest BCUT2D eigenvalue weighted by atomic mass is 16.5. The first-order valence-electron chi connectivity index (χ1n) is 8.71. The van der Waals surface area contributed by atoms with E-state index in [4.69, 9.17) is 4.74 Å². The molecule has 0 saturated carbocycles. The van der Waals surface area contributed by atoms with Crippen molar-refractivity contribution in [2.24, 2.45) is 0 Å². The second kappa shape index (κ2) is 8.23. The van der Waals surface area contributed by atoms with Crippen molar-refractivity contribution < 1.29 is 9.53 Å². The van der Waals surface area contributed by atoms with E-state index in [2.05, 4.69) is 33.8 Å². The lowest BCUT2D eigenvalue weighted by Crippen LogP contribution is -2.46. The van der Waals surface area contributed by atoms with Gasteiger partial charge in [-0.1, -0.05) is 18.2 Å². The van der Waals surface area contributed by atoms with E-state index in [0.717, 1.165) is 38.3 Å². The molecule has 5 heteroatoms. The zero-order chi connectivity index (χ0) is 17.6. The van der Waals surface area contributed by atoms with Gasteiger partial charge in [-0.05, 0) is 36.2 Å². The number of nitrogens with zero attached hydrogens (tertiary/aromatic N) is 3. The average Bonchev–Trinajstić information content (AvgIpc) is 2.68. The number of carbonyl (C=O) groups is 1. The fourth-order valence-corrected chi connectivity index (χ4v) is 3.32. The average molecular weight is 339 g/mol. The number of hydrogen-bond acceptors (Lipinski definition) is 5. The summed E-state index contributed by atoms with van der Waals surface area (Å²) in [4.78, 5) is 20.8. The quantitative estimate of drug-likeness (QED) is 0.784. The number of pyridine rings is 1. The Labute approximate surface area is 149 Å². The molecular formula is C20H25N3O2. The largest absolute Gasteiger partial charge is 0.465 e. The second-order valence-corrected chi connectivity index (χ2v) is 6.47. The standard InChI is InChI=1S/C20H25N3O2/c1-16(19-7-4-8-21-14-19)23-11-9-22(10-12-23)15-17-5-3-6-18(13-17)20(24)25-2/h3-8,13-14,16H,9-12,15H2,1-2H3/t16-/m0/s1. The summed E-state index contributed by atoms with van der Waals surface area (Å²) in [5.74, 6) is -0.281. The van der Waals surface area contributed by atoms with Gasteiger partial charge in [-0.25, -0.2) is 4.79 Å². The Bertz CT molecular complexity index is 697. The van der Waals surface area contributed by atoms with Crippen LogP contribution in [0.25, 0.3) is 0 Å². The van der Waals surface area contributed by atoms with Gasteiger partial charge in [-0.3, -0.25) is 14.8 Å². The fourth-order valence-electron chi connectivity index (χ4n) is 3.32. The molecule has 3 rings (SSSR count). The minimum Gasteiger partial charge on any atom is -0.465 e. The maximum Gasteiger partial charge on any atom is 0.337 e. The van der Waals surface area contributed by atoms with Crippen LogP contribution in [0.4, 0.5) is 0 Å². The van der Waals surface area contributed by atoms with E-state index in [9.17, 15) is 4.79 Å². The number of aromatic nitrogens is 1. The molecule has 132 valence electrons. The molecule has 1 aliphatic rings. The van der Waals surface area contributed by atoms with Crippen molar-refractivity contribution in [2.45, 2.75) is 19.5 Å². The van der Waals surface area contributed by atoms with Crippen molar-refractivity contribution in [1.29, 1.82) is 0 Å². The molecule has 0 amide bonds. The number of piperazine rings is 1. The minimum atomic E-state index is -0.281. The van der Waals surface area contributed by atoms with Crippen LogP contribution >= 0.6 is 0 Å². The molecule has 0 unspecified atom stereocenters. The van der Waals surface area contributed by atoms with E-state index in [1.54, 1.807) is 6.07 Å². The number of benzene rings is 1. The summed E-state index contributed by atoms with van der Waals surface area (Å²) in [7, 11) is 1.41. The summed E-state index contributed by atoms with van der Waals surface area (Å²) in [5.41, 5.74) is 3.03. The molecule has 1 aliphatic heterocycles. The SMILES string of the molecule is COC(=O)c1cccc(CN2CCN([C@@H](C)c3cccnc3)CC2)c1. The van der Waals surface area contributed by atoms with Crippen molar-refractivity contribution in [3.05, 3.63) is 65.5 Å². The number of hydrogen-bond donors (Lipinski definition) is 0. The number of carbonyl (C=O) groups excluding carboxylic acids is 1. The molecule has 1 fully saturated rings. The Morgan fingerprint density at radius 1 is 1.20 bits per heavy atom. The van der Waals surface area contributed by atoms with Crippen molar-refractivity contribution >= 4 is 5.97 Å². The van der Waals surface area contributed by atoms with E-state index in [1.165, 1.54) is 12.7 Å². The van der Waals surface area contributed by atoms with Gasteiger partial charge in [0, 0.05) is 51.2 Å². The summed E-state index contributed by atoms with van der Waals surface area (Å²) in [6.45, 7) is 7.21. The van der Waals surface area contributed by atoms with Gasteiger partial charge in [0.2, 0.25) is 0 Å². The fraction of sp³-hybridized carbons (Fsp3) is 0.400. The topological polar surface area (TPSA) is 45.7 Å². The van der Waals surface area contributed by atoms with E-state index in [1.807, 2.05) is 30.6 Å². The molecular weight excluding hydrogens is 314 g/mol. The highest BCUT2D eigenvalue weighted by Crippen LogP contribution is 2.21. The van der Waals surface area contributed by atoms with Gasteiger partial charge < -0.3 is 4.74 Å². The summed E-state index contributed by atoms with van der Waals surface area (Å²) < 4.78 is 4.80. The monoisotopic (exact) mass is 339 g/mol. The lowest BCUT2D eigenvalue weighted by molar-refractivity contribution is 0.0600. The molecule has 25 heavy (non-hydrogen) atoms. The third kappa shape index (κ3) is 4.44. The molecule has 0 radical (unpaired) electrons. The minimum absolute atomic E-state index is 0.281. The van der Waals surface area contributed by atoms with Gasteiger partial charge in [0.1, 0.15) is 0 Å².